The highest BCUT2D eigenvalue weighted by atomic mass is 16.5. The first-order valence-electron chi connectivity index (χ1n) is 7.29. The summed E-state index contributed by atoms with van der Waals surface area (Å²) in [5, 5.41) is 8.59. The van der Waals surface area contributed by atoms with Gasteiger partial charge in [-0.15, -0.1) is 0 Å². The fraction of sp³-hybridized carbons (Fsp3) is 0.471. The molecule has 1 N–H and O–H groups in total. The van der Waals surface area contributed by atoms with Gasteiger partial charge in [-0.05, 0) is 42.5 Å². The fourth-order valence-electron chi connectivity index (χ4n) is 1.79. The number of aliphatic carboxylic acids is 1. The SMILES string of the molecule is CC(C)CCCOCCOc1cccc(C=CC(=O)O)c1. The highest BCUT2D eigenvalue weighted by Crippen LogP contribution is 2.14. The monoisotopic (exact) mass is 292 g/mol. The fourth-order valence-corrected chi connectivity index (χ4v) is 1.79. The van der Waals surface area contributed by atoms with Crippen molar-refractivity contribution in [1.82, 2.24) is 0 Å². The standard InChI is InChI=1S/C17H24O4/c1-14(2)5-4-10-20-11-12-21-16-7-3-6-15(13-16)8-9-17(18)19/h3,6-9,13-14H,4-5,10-12H2,1-2H3,(H,18,19). The van der Waals surface area contributed by atoms with Crippen molar-refractivity contribution < 1.29 is 19.4 Å². The Bertz CT molecular complexity index is 452. The quantitative estimate of drug-likeness (QED) is 0.528. The third-order valence-corrected chi connectivity index (χ3v) is 2.84. The van der Waals surface area contributed by atoms with E-state index in [2.05, 4.69) is 13.8 Å². The first kappa shape index (κ1) is 17.2. The van der Waals surface area contributed by atoms with Crippen LogP contribution >= 0.6 is 0 Å². The summed E-state index contributed by atoms with van der Waals surface area (Å²) in [5.74, 6) is 0.468. The number of hydrogen-bond acceptors (Lipinski definition) is 3. The maximum Gasteiger partial charge on any atom is 0.328 e. The van der Waals surface area contributed by atoms with Gasteiger partial charge >= 0.3 is 5.97 Å². The number of rotatable bonds is 10. The van der Waals surface area contributed by atoms with Crippen LogP contribution in [0, 0.1) is 5.92 Å². The van der Waals surface area contributed by atoms with Crippen molar-refractivity contribution in [3.63, 3.8) is 0 Å². The molecule has 116 valence electrons. The van der Waals surface area contributed by atoms with Gasteiger partial charge in [0.05, 0.1) is 6.61 Å². The first-order chi connectivity index (χ1) is 10.1. The average molecular weight is 292 g/mol. The van der Waals surface area contributed by atoms with Gasteiger partial charge in [-0.3, -0.25) is 0 Å². The van der Waals surface area contributed by atoms with Gasteiger partial charge in [0.25, 0.3) is 0 Å². The van der Waals surface area contributed by atoms with E-state index in [9.17, 15) is 4.79 Å². The molecule has 0 atom stereocenters. The molecule has 0 spiro atoms. The number of hydrogen-bond donors (Lipinski definition) is 1. The zero-order valence-corrected chi connectivity index (χ0v) is 12.7. The second-order valence-corrected chi connectivity index (χ2v) is 5.24. The van der Waals surface area contributed by atoms with E-state index < -0.39 is 5.97 Å². The van der Waals surface area contributed by atoms with Gasteiger partial charge in [0.1, 0.15) is 12.4 Å². The molecule has 0 saturated heterocycles. The van der Waals surface area contributed by atoms with Crippen LogP contribution in [0.15, 0.2) is 30.3 Å². The second kappa shape index (κ2) is 10.00. The molecule has 0 radical (unpaired) electrons. The Morgan fingerprint density at radius 3 is 2.81 bits per heavy atom. The summed E-state index contributed by atoms with van der Waals surface area (Å²) in [5.41, 5.74) is 0.799. The molecule has 0 bridgehead atoms. The molecule has 0 aliphatic heterocycles. The number of ether oxygens (including phenoxy) is 2. The predicted molar refractivity (Wildman–Crippen MR) is 83.5 cm³/mol. The molecular weight excluding hydrogens is 268 g/mol. The number of carbonyl (C=O) groups is 1. The highest BCUT2D eigenvalue weighted by molar-refractivity contribution is 5.85. The second-order valence-electron chi connectivity index (χ2n) is 5.24. The van der Waals surface area contributed by atoms with Gasteiger partial charge in [-0.2, -0.15) is 0 Å². The van der Waals surface area contributed by atoms with Crippen LogP contribution in [0.4, 0.5) is 0 Å². The van der Waals surface area contributed by atoms with Crippen LogP contribution in [0.3, 0.4) is 0 Å². The largest absolute Gasteiger partial charge is 0.491 e. The van der Waals surface area contributed by atoms with E-state index in [0.29, 0.717) is 24.9 Å². The van der Waals surface area contributed by atoms with Gasteiger partial charge in [0.2, 0.25) is 0 Å². The van der Waals surface area contributed by atoms with Crippen LogP contribution in [0.5, 0.6) is 5.75 Å². The van der Waals surface area contributed by atoms with Gasteiger partial charge < -0.3 is 14.6 Å². The Kier molecular flexibility index (Phi) is 8.21. The molecule has 21 heavy (non-hydrogen) atoms. The third kappa shape index (κ3) is 8.87. The van der Waals surface area contributed by atoms with Crippen molar-refractivity contribution in [3.05, 3.63) is 35.9 Å². The lowest BCUT2D eigenvalue weighted by Crippen LogP contribution is -2.08. The Morgan fingerprint density at radius 2 is 2.10 bits per heavy atom. The zero-order chi connectivity index (χ0) is 15.5. The van der Waals surface area contributed by atoms with Crippen molar-refractivity contribution in [3.8, 4) is 5.75 Å². The average Bonchev–Trinajstić information content (AvgIpc) is 2.44. The van der Waals surface area contributed by atoms with Gasteiger partial charge in [-0.1, -0.05) is 26.0 Å². The molecule has 4 heteroatoms. The van der Waals surface area contributed by atoms with Crippen LogP contribution < -0.4 is 4.74 Å². The highest BCUT2D eigenvalue weighted by Gasteiger charge is 1.97. The van der Waals surface area contributed by atoms with E-state index >= 15 is 0 Å². The summed E-state index contributed by atoms with van der Waals surface area (Å²) in [6.45, 7) is 6.23. The van der Waals surface area contributed by atoms with Crippen molar-refractivity contribution in [1.29, 1.82) is 0 Å². The predicted octanol–water partition coefficient (Wildman–Crippen LogP) is 3.62. The molecule has 0 fully saturated rings. The van der Waals surface area contributed by atoms with E-state index in [1.807, 2.05) is 18.2 Å². The number of carboxylic acid groups (broad SMARTS) is 1. The molecule has 0 saturated carbocycles. The summed E-state index contributed by atoms with van der Waals surface area (Å²) in [6, 6.07) is 7.31. The van der Waals surface area contributed by atoms with Gasteiger partial charge in [-0.25, -0.2) is 4.79 Å². The molecule has 1 rings (SSSR count). The van der Waals surface area contributed by atoms with Crippen molar-refractivity contribution in [2.24, 2.45) is 5.92 Å². The molecule has 1 aromatic carbocycles. The maximum absolute atomic E-state index is 10.5. The van der Waals surface area contributed by atoms with Crippen LogP contribution in [0.2, 0.25) is 0 Å². The Labute approximate surface area is 126 Å². The molecule has 0 aliphatic rings. The maximum atomic E-state index is 10.5. The summed E-state index contributed by atoms with van der Waals surface area (Å²) in [7, 11) is 0. The minimum absolute atomic E-state index is 0.494. The van der Waals surface area contributed by atoms with Crippen LogP contribution in [0.1, 0.15) is 32.3 Å². The Hall–Kier alpha value is -1.81. The van der Waals surface area contributed by atoms with Crippen LogP contribution in [-0.2, 0) is 9.53 Å². The Morgan fingerprint density at radius 1 is 1.29 bits per heavy atom. The minimum atomic E-state index is -0.962. The van der Waals surface area contributed by atoms with E-state index in [-0.39, 0.29) is 0 Å². The third-order valence-electron chi connectivity index (χ3n) is 2.84. The summed E-state index contributed by atoms with van der Waals surface area (Å²) in [6.07, 6.45) is 4.90. The smallest absolute Gasteiger partial charge is 0.328 e. The lowest BCUT2D eigenvalue weighted by Gasteiger charge is -2.08. The molecule has 0 aromatic heterocycles. The summed E-state index contributed by atoms with van der Waals surface area (Å²) < 4.78 is 11.1. The topological polar surface area (TPSA) is 55.8 Å². The van der Waals surface area contributed by atoms with E-state index in [0.717, 1.165) is 24.7 Å². The molecule has 0 unspecified atom stereocenters. The molecule has 4 nitrogen and oxygen atoms in total. The number of carboxylic acids is 1. The van der Waals surface area contributed by atoms with Crippen molar-refractivity contribution in [2.75, 3.05) is 19.8 Å². The normalized spacial score (nSPS) is 11.2. The summed E-state index contributed by atoms with van der Waals surface area (Å²) >= 11 is 0. The Balaban J connectivity index is 2.23. The molecule has 1 aromatic rings. The zero-order valence-electron chi connectivity index (χ0n) is 12.7. The molecule has 0 aliphatic carbocycles. The lowest BCUT2D eigenvalue weighted by atomic mass is 10.1. The van der Waals surface area contributed by atoms with Gasteiger partial charge in [0, 0.05) is 12.7 Å². The summed E-state index contributed by atoms with van der Waals surface area (Å²) in [4.78, 5) is 10.5. The lowest BCUT2D eigenvalue weighted by molar-refractivity contribution is -0.131. The molecule has 0 heterocycles. The van der Waals surface area contributed by atoms with Crippen LogP contribution in [0.25, 0.3) is 6.08 Å². The van der Waals surface area contributed by atoms with Gasteiger partial charge in [0.15, 0.2) is 0 Å². The van der Waals surface area contributed by atoms with Crippen molar-refractivity contribution in [2.45, 2.75) is 26.7 Å². The van der Waals surface area contributed by atoms with E-state index in [1.165, 1.54) is 12.5 Å². The molecule has 0 amide bonds. The van der Waals surface area contributed by atoms with E-state index in [4.69, 9.17) is 14.6 Å². The first-order valence-corrected chi connectivity index (χ1v) is 7.29. The van der Waals surface area contributed by atoms with Crippen LogP contribution in [-0.4, -0.2) is 30.9 Å². The minimum Gasteiger partial charge on any atom is -0.491 e. The van der Waals surface area contributed by atoms with Crippen molar-refractivity contribution >= 4 is 12.0 Å². The molecular formula is C17H24O4. The van der Waals surface area contributed by atoms with E-state index in [1.54, 1.807) is 6.07 Å². The number of benzene rings is 1.